The highest BCUT2D eigenvalue weighted by atomic mass is 32.2. The van der Waals surface area contributed by atoms with E-state index in [0.29, 0.717) is 5.69 Å². The van der Waals surface area contributed by atoms with Crippen molar-refractivity contribution in [3.8, 4) is 0 Å². The number of amides is 2. The van der Waals surface area contributed by atoms with E-state index in [4.69, 9.17) is 0 Å². The molecule has 2 rings (SSSR count). The van der Waals surface area contributed by atoms with Crippen LogP contribution in [0.4, 0.5) is 10.1 Å². The lowest BCUT2D eigenvalue weighted by atomic mass is 10.1. The van der Waals surface area contributed by atoms with Crippen molar-refractivity contribution in [2.24, 2.45) is 0 Å². The van der Waals surface area contributed by atoms with Gasteiger partial charge in [-0.15, -0.1) is 0 Å². The van der Waals surface area contributed by atoms with Crippen LogP contribution in [0.15, 0.2) is 54.6 Å². The number of nitrogens with one attached hydrogen (secondary N) is 1. The summed E-state index contributed by atoms with van der Waals surface area (Å²) in [7, 11) is -3.79. The lowest BCUT2D eigenvalue weighted by Crippen LogP contribution is -2.54. The van der Waals surface area contributed by atoms with E-state index in [1.807, 2.05) is 0 Å². The second-order valence-corrected chi connectivity index (χ2v) is 10.5. The average Bonchev–Trinajstić information content (AvgIpc) is 2.69. The Kier molecular flexibility index (Phi) is 8.01. The Bertz CT molecular complexity index is 1050. The topological polar surface area (TPSA) is 86.8 Å². The summed E-state index contributed by atoms with van der Waals surface area (Å²) in [6.07, 6.45) is 1.00. The highest BCUT2D eigenvalue weighted by Gasteiger charge is 2.31. The molecule has 0 spiro atoms. The standard InChI is InChI=1S/C23H30FN3O4S/c1-17(22(29)25-23(2,3)4)26(15-18-11-9-10-14-20(18)24)21(28)16-27(32(5,30)31)19-12-7-6-8-13-19/h6-14,17H,15-16H2,1-5H3,(H,25,29)/t17-/m0/s1. The molecule has 7 nitrogen and oxygen atoms in total. The molecule has 0 radical (unpaired) electrons. The van der Waals surface area contributed by atoms with Crippen LogP contribution in [0, 0.1) is 5.82 Å². The second kappa shape index (κ2) is 10.1. The molecule has 0 unspecified atom stereocenters. The predicted octanol–water partition coefficient (Wildman–Crippen LogP) is 2.92. The first-order valence-corrected chi connectivity index (χ1v) is 12.0. The monoisotopic (exact) mass is 463 g/mol. The number of rotatable bonds is 8. The Morgan fingerprint density at radius 2 is 1.59 bits per heavy atom. The van der Waals surface area contributed by atoms with Gasteiger partial charge < -0.3 is 10.2 Å². The second-order valence-electron chi connectivity index (χ2n) is 8.63. The number of hydrogen-bond donors (Lipinski definition) is 1. The zero-order valence-corrected chi connectivity index (χ0v) is 19.8. The van der Waals surface area contributed by atoms with E-state index in [0.717, 1.165) is 10.6 Å². The van der Waals surface area contributed by atoms with Gasteiger partial charge >= 0.3 is 0 Å². The fraction of sp³-hybridized carbons (Fsp3) is 0.391. The molecule has 0 aliphatic rings. The zero-order valence-electron chi connectivity index (χ0n) is 19.0. The number of hydrogen-bond acceptors (Lipinski definition) is 4. The average molecular weight is 464 g/mol. The third-order valence-electron chi connectivity index (χ3n) is 4.69. The van der Waals surface area contributed by atoms with Crippen LogP contribution in [0.3, 0.4) is 0 Å². The number of carbonyl (C=O) groups is 2. The lowest BCUT2D eigenvalue weighted by Gasteiger charge is -2.33. The molecule has 0 aliphatic carbocycles. The Morgan fingerprint density at radius 1 is 1.03 bits per heavy atom. The first-order valence-electron chi connectivity index (χ1n) is 10.2. The van der Waals surface area contributed by atoms with Crippen molar-refractivity contribution in [1.82, 2.24) is 10.2 Å². The summed E-state index contributed by atoms with van der Waals surface area (Å²) < 4.78 is 40.1. The van der Waals surface area contributed by atoms with Gasteiger partial charge in [0.25, 0.3) is 0 Å². The predicted molar refractivity (Wildman–Crippen MR) is 123 cm³/mol. The third kappa shape index (κ3) is 7.05. The van der Waals surface area contributed by atoms with Gasteiger partial charge in [0.15, 0.2) is 0 Å². The smallest absolute Gasteiger partial charge is 0.244 e. The maximum Gasteiger partial charge on any atom is 0.244 e. The van der Waals surface area contributed by atoms with Crippen molar-refractivity contribution >= 4 is 27.5 Å². The van der Waals surface area contributed by atoms with Crippen LogP contribution in [0.1, 0.15) is 33.3 Å². The van der Waals surface area contributed by atoms with Crippen molar-refractivity contribution in [2.45, 2.75) is 45.8 Å². The maximum absolute atomic E-state index is 14.3. The molecule has 0 bridgehead atoms. The Balaban J connectivity index is 2.39. The van der Waals surface area contributed by atoms with Gasteiger partial charge in [0, 0.05) is 17.6 Å². The molecule has 0 aromatic heterocycles. The molecular formula is C23H30FN3O4S. The number of benzene rings is 2. The molecule has 2 amide bonds. The molecule has 2 aromatic rings. The maximum atomic E-state index is 14.3. The molecule has 0 aliphatic heterocycles. The van der Waals surface area contributed by atoms with Gasteiger partial charge in [-0.1, -0.05) is 36.4 Å². The molecule has 0 saturated carbocycles. The van der Waals surface area contributed by atoms with Gasteiger partial charge in [0.05, 0.1) is 11.9 Å². The molecule has 2 aromatic carbocycles. The van der Waals surface area contributed by atoms with Crippen LogP contribution in [0.5, 0.6) is 0 Å². The summed E-state index contributed by atoms with van der Waals surface area (Å²) >= 11 is 0. The summed E-state index contributed by atoms with van der Waals surface area (Å²) in [4.78, 5) is 27.3. The number of sulfonamides is 1. The largest absolute Gasteiger partial charge is 0.350 e. The van der Waals surface area contributed by atoms with Crippen LogP contribution < -0.4 is 9.62 Å². The van der Waals surface area contributed by atoms with Gasteiger partial charge in [-0.25, -0.2) is 12.8 Å². The highest BCUT2D eigenvalue weighted by molar-refractivity contribution is 7.92. The van der Waals surface area contributed by atoms with Crippen LogP contribution >= 0.6 is 0 Å². The van der Waals surface area contributed by atoms with E-state index >= 15 is 0 Å². The van der Waals surface area contributed by atoms with Crippen molar-refractivity contribution in [1.29, 1.82) is 0 Å². The molecule has 32 heavy (non-hydrogen) atoms. The molecule has 1 atom stereocenters. The van der Waals surface area contributed by atoms with E-state index in [1.54, 1.807) is 57.2 Å². The Morgan fingerprint density at radius 3 is 2.12 bits per heavy atom. The van der Waals surface area contributed by atoms with Crippen LogP contribution in [0.2, 0.25) is 0 Å². The molecule has 1 N–H and O–H groups in total. The van der Waals surface area contributed by atoms with E-state index < -0.39 is 45.8 Å². The summed E-state index contributed by atoms with van der Waals surface area (Å²) in [6.45, 7) is 6.25. The number of anilines is 1. The van der Waals surface area contributed by atoms with Gasteiger partial charge in [0.2, 0.25) is 21.8 Å². The summed E-state index contributed by atoms with van der Waals surface area (Å²) in [5, 5.41) is 2.81. The van der Waals surface area contributed by atoms with Crippen molar-refractivity contribution in [3.05, 3.63) is 66.0 Å². The SMILES string of the molecule is C[C@@H](C(=O)NC(C)(C)C)N(Cc1ccccc1F)C(=O)CN(c1ccccc1)S(C)(=O)=O. The number of carbonyl (C=O) groups excluding carboxylic acids is 2. The summed E-state index contributed by atoms with van der Waals surface area (Å²) in [6, 6.07) is 13.2. The lowest BCUT2D eigenvalue weighted by molar-refractivity contribution is -0.140. The first kappa shape index (κ1) is 25.3. The normalized spacial score (nSPS) is 12.7. The minimum Gasteiger partial charge on any atom is -0.350 e. The van der Waals surface area contributed by atoms with Crippen molar-refractivity contribution < 1.29 is 22.4 Å². The van der Waals surface area contributed by atoms with Crippen molar-refractivity contribution in [3.63, 3.8) is 0 Å². The molecule has 174 valence electrons. The number of nitrogens with zero attached hydrogens (tertiary/aromatic N) is 2. The van der Waals surface area contributed by atoms with E-state index in [-0.39, 0.29) is 12.1 Å². The molecule has 0 saturated heterocycles. The Hall–Kier alpha value is -2.94. The van der Waals surface area contributed by atoms with Gasteiger partial charge in [0.1, 0.15) is 18.4 Å². The zero-order chi connectivity index (χ0) is 24.1. The van der Waals surface area contributed by atoms with Crippen LogP contribution in [0.25, 0.3) is 0 Å². The van der Waals surface area contributed by atoms with Crippen LogP contribution in [-0.4, -0.2) is 49.5 Å². The van der Waals surface area contributed by atoms with Gasteiger partial charge in [-0.05, 0) is 45.9 Å². The molecule has 9 heteroatoms. The quantitative estimate of drug-likeness (QED) is 0.652. The summed E-state index contributed by atoms with van der Waals surface area (Å²) in [5.41, 5.74) is 0.00353. The first-order chi connectivity index (χ1) is 14.8. The fourth-order valence-corrected chi connectivity index (χ4v) is 3.92. The van der Waals surface area contributed by atoms with Gasteiger partial charge in [-0.2, -0.15) is 0 Å². The number of halogens is 1. The highest BCUT2D eigenvalue weighted by Crippen LogP contribution is 2.19. The van der Waals surface area contributed by atoms with E-state index in [9.17, 15) is 22.4 Å². The fourth-order valence-electron chi connectivity index (χ4n) is 3.07. The molecule has 0 heterocycles. The molecule has 0 fully saturated rings. The molecular weight excluding hydrogens is 433 g/mol. The summed E-state index contributed by atoms with van der Waals surface area (Å²) in [5.74, 6) is -1.57. The minimum absolute atomic E-state index is 0.184. The van der Waals surface area contributed by atoms with Crippen molar-refractivity contribution in [2.75, 3.05) is 17.1 Å². The van der Waals surface area contributed by atoms with E-state index in [1.165, 1.54) is 30.0 Å². The van der Waals surface area contributed by atoms with E-state index in [2.05, 4.69) is 5.32 Å². The van der Waals surface area contributed by atoms with Crippen LogP contribution in [-0.2, 0) is 26.2 Å². The third-order valence-corrected chi connectivity index (χ3v) is 5.83. The minimum atomic E-state index is -3.79. The van der Waals surface area contributed by atoms with Gasteiger partial charge in [-0.3, -0.25) is 13.9 Å². The Labute approximate surface area is 189 Å². The number of para-hydroxylation sites is 1.